The van der Waals surface area contributed by atoms with Crippen molar-refractivity contribution in [1.29, 1.82) is 0 Å². The first-order valence-electron chi connectivity index (χ1n) is 6.42. The molecule has 0 unspecified atom stereocenters. The van der Waals surface area contributed by atoms with Gasteiger partial charge in [0.15, 0.2) is 0 Å². The summed E-state index contributed by atoms with van der Waals surface area (Å²) in [6.07, 6.45) is 2.33. The largest absolute Gasteiger partial charge is 0.395 e. The number of sulfonamides is 1. The molecule has 0 bridgehead atoms. The highest BCUT2D eigenvalue weighted by Crippen LogP contribution is 2.28. The van der Waals surface area contributed by atoms with Crippen LogP contribution in [0.3, 0.4) is 0 Å². The zero-order valence-electron chi connectivity index (χ0n) is 10.9. The van der Waals surface area contributed by atoms with Gasteiger partial charge in [-0.2, -0.15) is 0 Å². The Morgan fingerprint density at radius 3 is 2.75 bits per heavy atom. The average molecular weight is 297 g/mol. The lowest BCUT2D eigenvalue weighted by Crippen LogP contribution is -2.26. The molecule has 0 amide bonds. The maximum Gasteiger partial charge on any atom is 0.243 e. The molecule has 1 aromatic carbocycles. The summed E-state index contributed by atoms with van der Waals surface area (Å²) in [6, 6.07) is 3.77. The molecule has 0 saturated heterocycles. The number of aliphatic hydroxyl groups excluding tert-OH is 1. The van der Waals surface area contributed by atoms with E-state index in [1.807, 2.05) is 0 Å². The van der Waals surface area contributed by atoms with Crippen molar-refractivity contribution in [2.45, 2.75) is 24.2 Å². The van der Waals surface area contributed by atoms with Gasteiger partial charge in [0.25, 0.3) is 0 Å². The molecule has 1 fully saturated rings. The summed E-state index contributed by atoms with van der Waals surface area (Å²) in [5.41, 5.74) is 0.386. The van der Waals surface area contributed by atoms with Crippen LogP contribution in [-0.4, -0.2) is 26.7 Å². The molecule has 1 aliphatic rings. The first-order valence-corrected chi connectivity index (χ1v) is 7.90. The Morgan fingerprint density at radius 2 is 2.15 bits per heavy atom. The molecular formula is C14H16FNO3S. The van der Waals surface area contributed by atoms with E-state index >= 15 is 0 Å². The Labute approximate surface area is 118 Å². The van der Waals surface area contributed by atoms with Crippen LogP contribution in [0, 0.1) is 23.6 Å². The van der Waals surface area contributed by atoms with E-state index in [9.17, 15) is 12.8 Å². The second-order valence-corrected chi connectivity index (χ2v) is 6.45. The summed E-state index contributed by atoms with van der Waals surface area (Å²) in [6.45, 7) is 0.298. The molecule has 0 aromatic heterocycles. The van der Waals surface area contributed by atoms with Crippen LogP contribution in [-0.2, 0) is 10.0 Å². The van der Waals surface area contributed by atoms with Gasteiger partial charge in [-0.25, -0.2) is 17.5 Å². The number of aliphatic hydroxyl groups is 1. The fraction of sp³-hybridized carbons (Fsp3) is 0.429. The second kappa shape index (κ2) is 6.35. The Morgan fingerprint density at radius 1 is 1.40 bits per heavy atom. The summed E-state index contributed by atoms with van der Waals surface area (Å²) >= 11 is 0. The molecule has 0 spiro atoms. The van der Waals surface area contributed by atoms with E-state index in [2.05, 4.69) is 16.6 Å². The lowest BCUT2D eigenvalue weighted by Gasteiger charge is -2.07. The molecule has 0 radical (unpaired) electrons. The van der Waals surface area contributed by atoms with Gasteiger partial charge in [0.2, 0.25) is 10.0 Å². The van der Waals surface area contributed by atoms with E-state index < -0.39 is 15.8 Å². The van der Waals surface area contributed by atoms with E-state index in [1.165, 1.54) is 12.1 Å². The summed E-state index contributed by atoms with van der Waals surface area (Å²) in [7, 11) is -3.80. The Bertz CT molecular complexity index is 642. The van der Waals surface area contributed by atoms with Gasteiger partial charge in [0.1, 0.15) is 10.7 Å². The first-order chi connectivity index (χ1) is 9.53. The molecule has 1 aromatic rings. The zero-order chi connectivity index (χ0) is 14.6. The second-order valence-electron chi connectivity index (χ2n) is 4.72. The Kier molecular flexibility index (Phi) is 4.76. The maximum absolute atomic E-state index is 13.9. The minimum atomic E-state index is -3.80. The maximum atomic E-state index is 13.9. The highest BCUT2D eigenvalue weighted by atomic mass is 32.2. The predicted molar refractivity (Wildman–Crippen MR) is 72.9 cm³/mol. The van der Waals surface area contributed by atoms with Crippen LogP contribution >= 0.6 is 0 Å². The van der Waals surface area contributed by atoms with Crippen LogP contribution in [0.4, 0.5) is 4.39 Å². The van der Waals surface area contributed by atoms with E-state index in [4.69, 9.17) is 5.11 Å². The quantitative estimate of drug-likeness (QED) is 0.804. The van der Waals surface area contributed by atoms with Crippen LogP contribution in [0.25, 0.3) is 0 Å². The van der Waals surface area contributed by atoms with Gasteiger partial charge in [-0.15, -0.1) is 0 Å². The average Bonchev–Trinajstić information content (AvgIpc) is 3.21. The van der Waals surface area contributed by atoms with E-state index in [0.717, 1.165) is 18.9 Å². The van der Waals surface area contributed by atoms with Crippen molar-refractivity contribution >= 4 is 10.0 Å². The van der Waals surface area contributed by atoms with Crippen molar-refractivity contribution in [2.24, 2.45) is 5.92 Å². The van der Waals surface area contributed by atoms with Crippen LogP contribution in [0.15, 0.2) is 23.1 Å². The van der Waals surface area contributed by atoms with Crippen molar-refractivity contribution in [1.82, 2.24) is 4.72 Å². The van der Waals surface area contributed by atoms with E-state index in [0.29, 0.717) is 24.4 Å². The van der Waals surface area contributed by atoms with Crippen molar-refractivity contribution in [3.63, 3.8) is 0 Å². The number of hydrogen-bond acceptors (Lipinski definition) is 3. The topological polar surface area (TPSA) is 66.4 Å². The number of halogens is 1. The molecule has 6 heteroatoms. The number of hydrogen-bond donors (Lipinski definition) is 2. The molecule has 0 heterocycles. The Hall–Kier alpha value is -1.42. The Balaban J connectivity index is 2.14. The van der Waals surface area contributed by atoms with Gasteiger partial charge in [0, 0.05) is 18.5 Å². The van der Waals surface area contributed by atoms with Crippen molar-refractivity contribution in [3.05, 3.63) is 29.6 Å². The molecular weight excluding hydrogens is 281 g/mol. The SMILES string of the molecule is O=S(=O)(NCC1CC1)c1ccc(C#CCCO)cc1F. The molecule has 4 nitrogen and oxygen atoms in total. The third-order valence-electron chi connectivity index (χ3n) is 2.95. The first kappa shape index (κ1) is 15.0. The summed E-state index contributed by atoms with van der Waals surface area (Å²) in [5.74, 6) is 4.88. The highest BCUT2D eigenvalue weighted by molar-refractivity contribution is 7.89. The van der Waals surface area contributed by atoms with Gasteiger partial charge in [0.05, 0.1) is 6.61 Å². The van der Waals surface area contributed by atoms with Gasteiger partial charge in [-0.05, 0) is 37.0 Å². The molecule has 2 N–H and O–H groups in total. The molecule has 0 atom stereocenters. The monoisotopic (exact) mass is 297 g/mol. The lowest BCUT2D eigenvalue weighted by molar-refractivity contribution is 0.305. The van der Waals surface area contributed by atoms with Crippen molar-refractivity contribution in [2.75, 3.05) is 13.2 Å². The molecule has 1 aliphatic carbocycles. The van der Waals surface area contributed by atoms with Gasteiger partial charge in [-0.3, -0.25) is 0 Å². The van der Waals surface area contributed by atoms with Crippen LogP contribution < -0.4 is 4.72 Å². The fourth-order valence-electron chi connectivity index (χ4n) is 1.64. The molecule has 20 heavy (non-hydrogen) atoms. The van der Waals surface area contributed by atoms with Crippen molar-refractivity contribution in [3.8, 4) is 11.8 Å². The zero-order valence-corrected chi connectivity index (χ0v) is 11.7. The molecule has 0 aliphatic heterocycles. The van der Waals surface area contributed by atoms with Crippen LogP contribution in [0.2, 0.25) is 0 Å². The predicted octanol–water partition coefficient (Wildman–Crippen LogP) is 1.25. The van der Waals surface area contributed by atoms with Crippen LogP contribution in [0.5, 0.6) is 0 Å². The third kappa shape index (κ3) is 4.04. The molecule has 2 rings (SSSR count). The number of nitrogens with one attached hydrogen (secondary N) is 1. The summed E-state index contributed by atoms with van der Waals surface area (Å²) in [5, 5.41) is 8.59. The van der Waals surface area contributed by atoms with E-state index in [-0.39, 0.29) is 11.5 Å². The van der Waals surface area contributed by atoms with Crippen LogP contribution in [0.1, 0.15) is 24.8 Å². The third-order valence-corrected chi connectivity index (χ3v) is 4.41. The minimum absolute atomic E-state index is 0.0625. The highest BCUT2D eigenvalue weighted by Gasteiger charge is 2.25. The molecule has 1 saturated carbocycles. The number of rotatable bonds is 5. The molecule has 108 valence electrons. The fourth-order valence-corrected chi connectivity index (χ4v) is 2.82. The van der Waals surface area contributed by atoms with Gasteiger partial charge >= 0.3 is 0 Å². The van der Waals surface area contributed by atoms with Crippen molar-refractivity contribution < 1.29 is 17.9 Å². The smallest absolute Gasteiger partial charge is 0.243 e. The standard InChI is InChI=1S/C14H16FNO3S/c15-13-9-11(3-1-2-8-17)6-7-14(13)20(18,19)16-10-12-4-5-12/h6-7,9,12,16-17H,2,4-5,8,10H2. The lowest BCUT2D eigenvalue weighted by atomic mass is 10.2. The number of benzene rings is 1. The van der Waals surface area contributed by atoms with E-state index in [1.54, 1.807) is 0 Å². The van der Waals surface area contributed by atoms with Gasteiger partial charge in [-0.1, -0.05) is 11.8 Å². The summed E-state index contributed by atoms with van der Waals surface area (Å²) in [4.78, 5) is -0.356. The summed E-state index contributed by atoms with van der Waals surface area (Å²) < 4.78 is 40.1. The normalized spacial score (nSPS) is 14.7. The van der Waals surface area contributed by atoms with Gasteiger partial charge < -0.3 is 5.11 Å². The minimum Gasteiger partial charge on any atom is -0.395 e.